The third-order valence-electron chi connectivity index (χ3n) is 3.65. The van der Waals surface area contributed by atoms with Crippen LogP contribution < -0.4 is 10.6 Å². The molecule has 1 aromatic carbocycles. The molecule has 1 unspecified atom stereocenters. The van der Waals surface area contributed by atoms with Gasteiger partial charge >= 0.3 is 0 Å². The van der Waals surface area contributed by atoms with Crippen LogP contribution >= 0.6 is 11.8 Å². The molecule has 0 bridgehead atoms. The number of aromatic nitrogens is 1. The van der Waals surface area contributed by atoms with Crippen LogP contribution in [-0.4, -0.2) is 36.9 Å². The molecule has 2 N–H and O–H groups in total. The lowest BCUT2D eigenvalue weighted by Gasteiger charge is -2.16. The van der Waals surface area contributed by atoms with Crippen LogP contribution in [0.5, 0.6) is 0 Å². The number of rotatable bonds is 9. The molecule has 1 heterocycles. The molecule has 0 aliphatic rings. The highest BCUT2D eigenvalue weighted by atomic mass is 32.2. The van der Waals surface area contributed by atoms with Gasteiger partial charge in [0, 0.05) is 42.2 Å². The fourth-order valence-electron chi connectivity index (χ4n) is 2.32. The van der Waals surface area contributed by atoms with Crippen molar-refractivity contribution in [3.05, 3.63) is 53.9 Å². The van der Waals surface area contributed by atoms with E-state index >= 15 is 0 Å². The summed E-state index contributed by atoms with van der Waals surface area (Å²) in [5, 5.41) is 6.18. The minimum atomic E-state index is -0.156. The van der Waals surface area contributed by atoms with Crippen molar-refractivity contribution in [1.29, 1.82) is 0 Å². The number of methoxy groups -OCH3 is 1. The minimum Gasteiger partial charge on any atom is -0.384 e. The number of pyridine rings is 1. The second kappa shape index (κ2) is 10.1. The van der Waals surface area contributed by atoms with Gasteiger partial charge in [-0.05, 0) is 43.7 Å². The third kappa shape index (κ3) is 6.07. The predicted octanol–water partition coefficient (Wildman–Crippen LogP) is 3.74. The highest BCUT2D eigenvalue weighted by molar-refractivity contribution is 7.99. The van der Waals surface area contributed by atoms with Crippen molar-refractivity contribution in [3.8, 4) is 0 Å². The van der Waals surface area contributed by atoms with E-state index in [1.54, 1.807) is 31.1 Å². The van der Waals surface area contributed by atoms with Gasteiger partial charge in [0.2, 0.25) is 0 Å². The van der Waals surface area contributed by atoms with Crippen molar-refractivity contribution in [2.75, 3.05) is 31.3 Å². The van der Waals surface area contributed by atoms with Crippen molar-refractivity contribution in [1.82, 2.24) is 10.3 Å². The van der Waals surface area contributed by atoms with Gasteiger partial charge in [-0.3, -0.25) is 9.78 Å². The number of nitrogens with one attached hydrogen (secondary N) is 2. The van der Waals surface area contributed by atoms with Crippen molar-refractivity contribution < 1.29 is 9.53 Å². The van der Waals surface area contributed by atoms with Crippen LogP contribution in [0, 0.1) is 0 Å². The zero-order chi connectivity index (χ0) is 18.1. The van der Waals surface area contributed by atoms with Gasteiger partial charge in [-0.15, -0.1) is 11.8 Å². The maximum absolute atomic E-state index is 11.9. The molecule has 0 fully saturated rings. The molecule has 0 saturated heterocycles. The number of carbonyl (C=O) groups is 1. The molecule has 134 valence electrons. The van der Waals surface area contributed by atoms with E-state index in [0.717, 1.165) is 18.0 Å². The van der Waals surface area contributed by atoms with Crippen LogP contribution in [0.1, 0.15) is 35.9 Å². The summed E-state index contributed by atoms with van der Waals surface area (Å²) >= 11 is 1.78. The first-order valence-corrected chi connectivity index (χ1v) is 9.35. The molecule has 0 spiro atoms. The Balaban J connectivity index is 1.98. The van der Waals surface area contributed by atoms with Crippen molar-refractivity contribution in [3.63, 3.8) is 0 Å². The molecule has 5 nitrogen and oxygen atoms in total. The van der Waals surface area contributed by atoms with E-state index < -0.39 is 0 Å². The normalized spacial score (nSPS) is 11.8. The van der Waals surface area contributed by atoms with E-state index in [4.69, 9.17) is 4.74 Å². The zero-order valence-corrected chi connectivity index (χ0v) is 15.7. The average Bonchev–Trinajstić information content (AvgIpc) is 2.63. The monoisotopic (exact) mass is 359 g/mol. The van der Waals surface area contributed by atoms with Crippen LogP contribution in [0.25, 0.3) is 0 Å². The summed E-state index contributed by atoms with van der Waals surface area (Å²) in [7, 11) is 1.72. The molecule has 0 aliphatic heterocycles. The largest absolute Gasteiger partial charge is 0.384 e. The maximum Gasteiger partial charge on any atom is 0.269 e. The highest BCUT2D eigenvalue weighted by Gasteiger charge is 2.09. The summed E-state index contributed by atoms with van der Waals surface area (Å²) in [6.07, 6.45) is 1.65. The molecular weight excluding hydrogens is 334 g/mol. The summed E-state index contributed by atoms with van der Waals surface area (Å²) in [6, 6.07) is 12.3. The van der Waals surface area contributed by atoms with E-state index in [9.17, 15) is 4.79 Å². The second-order valence-electron chi connectivity index (χ2n) is 5.57. The lowest BCUT2D eigenvalue weighted by Crippen LogP contribution is -2.23. The third-order valence-corrected chi connectivity index (χ3v) is 4.63. The molecule has 0 saturated carbocycles. The van der Waals surface area contributed by atoms with E-state index in [1.165, 1.54) is 10.5 Å². The number of carbonyl (C=O) groups excluding carboxylic acids is 1. The fourth-order valence-corrected chi connectivity index (χ4v) is 3.14. The molecule has 25 heavy (non-hydrogen) atoms. The molecule has 2 aromatic rings. The van der Waals surface area contributed by atoms with Gasteiger partial charge in [0.1, 0.15) is 5.69 Å². The number of benzene rings is 1. The Morgan fingerprint density at radius 3 is 2.72 bits per heavy atom. The minimum absolute atomic E-state index is 0.127. The van der Waals surface area contributed by atoms with Crippen LogP contribution in [0.3, 0.4) is 0 Å². The van der Waals surface area contributed by atoms with Gasteiger partial charge in [0.25, 0.3) is 5.91 Å². The van der Waals surface area contributed by atoms with Gasteiger partial charge in [-0.2, -0.15) is 0 Å². The first kappa shape index (κ1) is 19.3. The number of anilines is 1. The topological polar surface area (TPSA) is 63.2 Å². The molecule has 6 heteroatoms. The SMILES string of the molecule is CCNC(=O)c1cc(NC(C)c2ccc(SCCOC)cc2)ccn1. The van der Waals surface area contributed by atoms with Gasteiger partial charge in [-0.1, -0.05) is 12.1 Å². The maximum atomic E-state index is 11.9. The Labute approximate surface area is 153 Å². The van der Waals surface area contributed by atoms with Gasteiger partial charge in [0.05, 0.1) is 6.61 Å². The Morgan fingerprint density at radius 2 is 2.04 bits per heavy atom. The summed E-state index contributed by atoms with van der Waals surface area (Å²) in [5.41, 5.74) is 2.48. The average molecular weight is 359 g/mol. The number of hydrogen-bond acceptors (Lipinski definition) is 5. The number of nitrogens with zero attached hydrogens (tertiary/aromatic N) is 1. The van der Waals surface area contributed by atoms with Crippen molar-refractivity contribution >= 4 is 23.4 Å². The summed E-state index contributed by atoms with van der Waals surface area (Å²) in [6.45, 7) is 5.32. The van der Waals surface area contributed by atoms with Crippen LogP contribution in [0.4, 0.5) is 5.69 Å². The Bertz CT molecular complexity index is 677. The Morgan fingerprint density at radius 1 is 1.28 bits per heavy atom. The Kier molecular flexibility index (Phi) is 7.76. The predicted molar refractivity (Wildman–Crippen MR) is 103 cm³/mol. The highest BCUT2D eigenvalue weighted by Crippen LogP contribution is 2.23. The molecular formula is C19H25N3O2S. The summed E-state index contributed by atoms with van der Waals surface area (Å²) in [4.78, 5) is 17.2. The summed E-state index contributed by atoms with van der Waals surface area (Å²) < 4.78 is 5.07. The lowest BCUT2D eigenvalue weighted by molar-refractivity contribution is 0.0951. The number of ether oxygens (including phenoxy) is 1. The molecule has 1 atom stereocenters. The van der Waals surface area contributed by atoms with Crippen LogP contribution in [0.15, 0.2) is 47.5 Å². The molecule has 1 amide bonds. The van der Waals surface area contributed by atoms with Crippen LogP contribution in [0.2, 0.25) is 0 Å². The summed E-state index contributed by atoms with van der Waals surface area (Å²) in [5.74, 6) is 0.791. The fraction of sp³-hybridized carbons (Fsp3) is 0.368. The molecule has 1 aromatic heterocycles. The van der Waals surface area contributed by atoms with Gasteiger partial charge < -0.3 is 15.4 Å². The second-order valence-corrected chi connectivity index (χ2v) is 6.73. The lowest BCUT2D eigenvalue weighted by atomic mass is 10.1. The molecule has 0 aliphatic carbocycles. The van der Waals surface area contributed by atoms with E-state index in [0.29, 0.717) is 12.2 Å². The smallest absolute Gasteiger partial charge is 0.269 e. The first-order chi connectivity index (χ1) is 12.1. The van der Waals surface area contributed by atoms with Crippen LogP contribution in [-0.2, 0) is 4.74 Å². The van der Waals surface area contributed by atoms with E-state index in [2.05, 4.69) is 46.8 Å². The number of hydrogen-bond donors (Lipinski definition) is 2. The van der Waals surface area contributed by atoms with E-state index in [1.807, 2.05) is 13.0 Å². The molecule has 0 radical (unpaired) electrons. The van der Waals surface area contributed by atoms with E-state index in [-0.39, 0.29) is 11.9 Å². The van der Waals surface area contributed by atoms with Gasteiger partial charge in [-0.25, -0.2) is 0 Å². The van der Waals surface area contributed by atoms with Crippen molar-refractivity contribution in [2.45, 2.75) is 24.8 Å². The molecule has 2 rings (SSSR count). The quantitative estimate of drug-likeness (QED) is 0.527. The number of thioether (sulfide) groups is 1. The Hall–Kier alpha value is -2.05. The first-order valence-electron chi connectivity index (χ1n) is 8.36. The van der Waals surface area contributed by atoms with Gasteiger partial charge in [0.15, 0.2) is 0 Å². The number of amides is 1. The standard InChI is InChI=1S/C19H25N3O2S/c1-4-20-19(23)18-13-16(9-10-21-18)22-14(2)15-5-7-17(8-6-15)25-12-11-24-3/h5-10,13-14H,4,11-12H2,1-3H3,(H,20,23)(H,21,22). The van der Waals surface area contributed by atoms with Crippen molar-refractivity contribution in [2.24, 2.45) is 0 Å². The zero-order valence-electron chi connectivity index (χ0n) is 14.9.